The first kappa shape index (κ1) is 21.7. The van der Waals surface area contributed by atoms with Crippen LogP contribution in [0.25, 0.3) is 50.6 Å². The van der Waals surface area contributed by atoms with Crippen LogP contribution in [0, 0.1) is 0 Å². The molecule has 1 fully saturated rings. The lowest BCUT2D eigenvalue weighted by Gasteiger charge is -2.44. The number of nitrogens with one attached hydrogen (secondary N) is 1. The van der Waals surface area contributed by atoms with E-state index in [4.69, 9.17) is 10.7 Å². The molecule has 0 unspecified atom stereocenters. The van der Waals surface area contributed by atoms with Crippen LogP contribution in [0.5, 0.6) is 0 Å². The van der Waals surface area contributed by atoms with Crippen molar-refractivity contribution in [1.29, 1.82) is 0 Å². The highest BCUT2D eigenvalue weighted by molar-refractivity contribution is 5.91. The number of H-pyrrole nitrogens is 1. The summed E-state index contributed by atoms with van der Waals surface area (Å²) >= 11 is 0. The van der Waals surface area contributed by atoms with Crippen molar-refractivity contribution < 1.29 is 8.78 Å². The number of hydrogen-bond donors (Lipinski definition) is 2. The van der Waals surface area contributed by atoms with Crippen molar-refractivity contribution in [3.8, 4) is 33.9 Å². The van der Waals surface area contributed by atoms with Gasteiger partial charge in [-0.05, 0) is 29.3 Å². The second kappa shape index (κ2) is 7.71. The van der Waals surface area contributed by atoms with E-state index in [0.29, 0.717) is 22.7 Å². The Hall–Kier alpha value is -4.57. The van der Waals surface area contributed by atoms with Crippen molar-refractivity contribution in [2.45, 2.75) is 24.3 Å². The van der Waals surface area contributed by atoms with Gasteiger partial charge < -0.3 is 5.73 Å². The average molecular weight is 495 g/mol. The summed E-state index contributed by atoms with van der Waals surface area (Å²) in [6.07, 6.45) is 0.913. The number of hydrogen-bond acceptors (Lipinski definition) is 6. The Kier molecular flexibility index (Phi) is 4.52. The van der Waals surface area contributed by atoms with Crippen LogP contribution in [0.4, 0.5) is 8.78 Å². The second-order valence-electron chi connectivity index (χ2n) is 9.50. The molecule has 0 aliphatic heterocycles. The molecule has 6 aromatic rings. The molecule has 37 heavy (non-hydrogen) atoms. The first-order valence-electron chi connectivity index (χ1n) is 11.8. The molecule has 10 heteroatoms. The van der Waals surface area contributed by atoms with Crippen LogP contribution in [-0.4, -0.2) is 40.9 Å². The maximum Gasteiger partial charge on any atom is 0.252 e. The van der Waals surface area contributed by atoms with Gasteiger partial charge in [0.15, 0.2) is 17.2 Å². The minimum absolute atomic E-state index is 0.342. The number of fused-ring (bicyclic) bond motifs is 3. The number of aromatic amines is 1. The first-order valence-corrected chi connectivity index (χ1v) is 11.8. The zero-order chi connectivity index (χ0) is 25.2. The number of rotatable bonds is 4. The molecule has 182 valence electrons. The molecule has 0 radical (unpaired) electrons. The molecule has 2 aromatic carbocycles. The molecule has 0 saturated heterocycles. The standard InChI is InChI=1S/C27H20F2N8/c28-27(29)14-26(30,15-27)18-8-6-17(7-9-18)24-19(16-4-2-1-3-5-16)12-22-20(32-24)10-11-23-34-35-25(37(22)23)21-13-31-36-33-21/h1-13H,14-15,30H2,(H,31,33,36). The first-order chi connectivity index (χ1) is 17.9. The fourth-order valence-electron chi connectivity index (χ4n) is 5.18. The van der Waals surface area contributed by atoms with E-state index < -0.39 is 11.5 Å². The SMILES string of the molecule is NC1(c2ccc(-c3nc4ccc5nnc(-c6cn[nH]n6)n5c4cc3-c3ccccc3)cc2)CC(F)(F)C1. The number of nitrogens with zero attached hydrogens (tertiary/aromatic N) is 6. The van der Waals surface area contributed by atoms with Gasteiger partial charge in [-0.15, -0.1) is 10.2 Å². The fraction of sp³-hybridized carbons (Fsp3) is 0.148. The molecule has 1 aliphatic carbocycles. The lowest BCUT2D eigenvalue weighted by Crippen LogP contribution is -2.55. The van der Waals surface area contributed by atoms with Crippen LogP contribution in [0.2, 0.25) is 0 Å². The molecule has 1 saturated carbocycles. The smallest absolute Gasteiger partial charge is 0.252 e. The van der Waals surface area contributed by atoms with Crippen molar-refractivity contribution in [2.75, 3.05) is 0 Å². The number of pyridine rings is 2. The Bertz CT molecular complexity index is 1750. The van der Waals surface area contributed by atoms with Gasteiger partial charge in [0.1, 0.15) is 0 Å². The molecule has 0 bridgehead atoms. The molecule has 0 atom stereocenters. The number of aromatic nitrogens is 7. The van der Waals surface area contributed by atoms with Gasteiger partial charge in [-0.2, -0.15) is 15.4 Å². The van der Waals surface area contributed by atoms with Gasteiger partial charge in [0.2, 0.25) is 0 Å². The van der Waals surface area contributed by atoms with Gasteiger partial charge in [-0.25, -0.2) is 13.8 Å². The van der Waals surface area contributed by atoms with Crippen molar-refractivity contribution in [3.05, 3.63) is 84.6 Å². The summed E-state index contributed by atoms with van der Waals surface area (Å²) in [4.78, 5) is 5.05. The minimum atomic E-state index is -2.70. The maximum absolute atomic E-state index is 13.5. The van der Waals surface area contributed by atoms with Gasteiger partial charge in [-0.3, -0.25) is 4.40 Å². The second-order valence-corrected chi connectivity index (χ2v) is 9.50. The van der Waals surface area contributed by atoms with Crippen molar-refractivity contribution in [3.63, 3.8) is 0 Å². The number of nitrogens with two attached hydrogens (primary N) is 1. The van der Waals surface area contributed by atoms with E-state index in [9.17, 15) is 8.78 Å². The molecule has 4 heterocycles. The molecular formula is C27H20F2N8. The third-order valence-electron chi connectivity index (χ3n) is 6.96. The number of halogens is 2. The van der Waals surface area contributed by atoms with Crippen molar-refractivity contribution in [1.82, 2.24) is 35.0 Å². The molecule has 3 N–H and O–H groups in total. The van der Waals surface area contributed by atoms with E-state index in [2.05, 4.69) is 31.7 Å². The zero-order valence-corrected chi connectivity index (χ0v) is 19.4. The Morgan fingerprint density at radius 2 is 1.68 bits per heavy atom. The van der Waals surface area contributed by atoms with Crippen LogP contribution in [0.3, 0.4) is 0 Å². The zero-order valence-electron chi connectivity index (χ0n) is 19.4. The van der Waals surface area contributed by atoms with E-state index in [-0.39, 0.29) is 12.8 Å². The largest absolute Gasteiger partial charge is 0.321 e. The summed E-state index contributed by atoms with van der Waals surface area (Å²) in [5.74, 6) is -2.15. The maximum atomic E-state index is 13.5. The van der Waals surface area contributed by atoms with Gasteiger partial charge in [0, 0.05) is 24.0 Å². The van der Waals surface area contributed by atoms with Gasteiger partial charge in [0.25, 0.3) is 5.92 Å². The van der Waals surface area contributed by atoms with E-state index in [1.807, 2.05) is 71.1 Å². The van der Waals surface area contributed by atoms with Crippen LogP contribution in [-0.2, 0) is 5.54 Å². The molecule has 0 amide bonds. The highest BCUT2D eigenvalue weighted by Gasteiger charge is 2.55. The molecule has 1 aliphatic rings. The summed E-state index contributed by atoms with van der Waals surface area (Å²) in [6.45, 7) is 0. The van der Waals surface area contributed by atoms with E-state index in [1.165, 1.54) is 0 Å². The molecule has 0 spiro atoms. The number of alkyl halides is 2. The summed E-state index contributed by atoms with van der Waals surface area (Å²) in [6, 6.07) is 23.3. The van der Waals surface area contributed by atoms with Crippen LogP contribution in [0.15, 0.2) is 79.0 Å². The molecule has 8 nitrogen and oxygen atoms in total. The molecular weight excluding hydrogens is 474 g/mol. The quantitative estimate of drug-likeness (QED) is 0.358. The highest BCUT2D eigenvalue weighted by Crippen LogP contribution is 2.50. The Labute approximate surface area is 209 Å². The van der Waals surface area contributed by atoms with Crippen molar-refractivity contribution >= 4 is 16.7 Å². The van der Waals surface area contributed by atoms with Gasteiger partial charge in [-0.1, -0.05) is 54.6 Å². The fourth-order valence-corrected chi connectivity index (χ4v) is 5.18. The Morgan fingerprint density at radius 3 is 2.38 bits per heavy atom. The van der Waals surface area contributed by atoms with Crippen LogP contribution >= 0.6 is 0 Å². The lowest BCUT2D eigenvalue weighted by molar-refractivity contribution is -0.125. The van der Waals surface area contributed by atoms with Crippen LogP contribution < -0.4 is 5.73 Å². The third kappa shape index (κ3) is 3.48. The summed E-state index contributed by atoms with van der Waals surface area (Å²) < 4.78 is 29.0. The van der Waals surface area contributed by atoms with E-state index in [0.717, 1.165) is 33.4 Å². The molecule has 7 rings (SSSR count). The highest BCUT2D eigenvalue weighted by atomic mass is 19.3. The topological polar surface area (TPSA) is 111 Å². The monoisotopic (exact) mass is 494 g/mol. The number of benzene rings is 2. The van der Waals surface area contributed by atoms with Crippen LogP contribution in [0.1, 0.15) is 18.4 Å². The van der Waals surface area contributed by atoms with E-state index >= 15 is 0 Å². The Balaban J connectivity index is 1.42. The third-order valence-corrected chi connectivity index (χ3v) is 6.96. The van der Waals surface area contributed by atoms with E-state index in [1.54, 1.807) is 6.20 Å². The predicted molar refractivity (Wildman–Crippen MR) is 135 cm³/mol. The van der Waals surface area contributed by atoms with Gasteiger partial charge >= 0.3 is 0 Å². The summed E-state index contributed by atoms with van der Waals surface area (Å²) in [5, 5.41) is 19.3. The lowest BCUT2D eigenvalue weighted by atomic mass is 9.70. The minimum Gasteiger partial charge on any atom is -0.321 e. The van der Waals surface area contributed by atoms with Gasteiger partial charge in [0.05, 0.1) is 28.5 Å². The normalized spacial score (nSPS) is 16.2. The summed E-state index contributed by atoms with van der Waals surface area (Å²) in [5.41, 5.74) is 12.3. The Morgan fingerprint density at radius 1 is 0.892 bits per heavy atom. The summed E-state index contributed by atoms with van der Waals surface area (Å²) in [7, 11) is 0. The molecule has 4 aromatic heterocycles. The van der Waals surface area contributed by atoms with Crippen molar-refractivity contribution in [2.24, 2.45) is 5.73 Å². The average Bonchev–Trinajstić information content (AvgIpc) is 3.57. The predicted octanol–water partition coefficient (Wildman–Crippen LogP) is 4.98.